The Morgan fingerprint density at radius 1 is 1.05 bits per heavy atom. The molecule has 6 rings (SSSR count). The molecule has 1 fully saturated rings. The zero-order valence-corrected chi connectivity index (χ0v) is 20.8. The lowest BCUT2D eigenvalue weighted by Crippen LogP contribution is -2.53. The number of carbonyl (C=O) groups excluding carboxylic acids is 1. The molecule has 3 aromatic rings. The number of nitrogens with zero attached hydrogens (tertiary/aromatic N) is 4. The van der Waals surface area contributed by atoms with Crippen molar-refractivity contribution in [3.05, 3.63) is 89.0 Å². The first-order chi connectivity index (χ1) is 17.9. The zero-order valence-electron chi connectivity index (χ0n) is 20.0. The van der Waals surface area contributed by atoms with E-state index >= 15 is 0 Å². The molecule has 0 radical (unpaired) electrons. The van der Waals surface area contributed by atoms with Crippen LogP contribution in [0.25, 0.3) is 10.9 Å². The summed E-state index contributed by atoms with van der Waals surface area (Å²) in [5, 5.41) is 1.41. The lowest BCUT2D eigenvalue weighted by atomic mass is 9.80. The second-order valence-corrected chi connectivity index (χ2v) is 10.0. The molecule has 8 nitrogen and oxygen atoms in total. The summed E-state index contributed by atoms with van der Waals surface area (Å²) >= 11 is 6.80. The highest BCUT2D eigenvalue weighted by Crippen LogP contribution is 2.42. The Morgan fingerprint density at radius 3 is 2.59 bits per heavy atom. The summed E-state index contributed by atoms with van der Waals surface area (Å²) in [6, 6.07) is 17.0. The van der Waals surface area contributed by atoms with Crippen LogP contribution < -0.4 is 16.3 Å². The Balaban J connectivity index is 1.38. The number of primary amides is 1. The van der Waals surface area contributed by atoms with Gasteiger partial charge in [0.2, 0.25) is 17.5 Å². The van der Waals surface area contributed by atoms with Gasteiger partial charge >= 0.3 is 0 Å². The van der Waals surface area contributed by atoms with Crippen LogP contribution in [0, 0.1) is 11.8 Å². The minimum absolute atomic E-state index is 0.0861. The average Bonchev–Trinajstić information content (AvgIpc) is 3.22. The molecule has 2 aromatic carbocycles. The maximum absolute atomic E-state index is 11.7. The fourth-order valence-electron chi connectivity index (χ4n) is 5.30. The molecule has 0 bridgehead atoms. The van der Waals surface area contributed by atoms with Crippen LogP contribution in [0.2, 0.25) is 5.02 Å². The van der Waals surface area contributed by atoms with Crippen molar-refractivity contribution in [2.45, 2.75) is 25.7 Å². The van der Waals surface area contributed by atoms with Gasteiger partial charge in [-0.2, -0.15) is 10.8 Å². The van der Waals surface area contributed by atoms with E-state index < -0.39 is 0 Å². The smallest absolute Gasteiger partial charge is 0.266 e. The number of allylic oxidation sites excluding steroid dienone is 2. The molecule has 3 heterocycles. The summed E-state index contributed by atoms with van der Waals surface area (Å²) in [4.78, 5) is 25.8. The van der Waals surface area contributed by atoms with E-state index in [0.717, 1.165) is 42.5 Å². The highest BCUT2D eigenvalue weighted by molar-refractivity contribution is 6.34. The molecule has 4 N–H and O–H groups in total. The normalized spacial score (nSPS) is 24.8. The van der Waals surface area contributed by atoms with Crippen molar-refractivity contribution in [2.24, 2.45) is 33.4 Å². The number of hydrogen-bond acceptors (Lipinski definition) is 6. The molecule has 0 spiro atoms. The number of ether oxygens (including phenoxy) is 1. The third-order valence-electron chi connectivity index (χ3n) is 7.30. The van der Waals surface area contributed by atoms with Crippen molar-refractivity contribution in [3.63, 3.8) is 0 Å². The number of carbonyl (C=O) groups is 1. The highest BCUT2D eigenvalue weighted by Gasteiger charge is 2.47. The minimum Gasteiger partial charge on any atom is -0.439 e. The molecule has 186 valence electrons. The SMILES string of the molecule is NC(=O)C1CCC(C2=C3C=NC=C[N+]3(N)C(c3cc4nc(Oc5ccccc5)ccc4cc3Cl)=N2)CC1. The van der Waals surface area contributed by atoms with Gasteiger partial charge in [0.1, 0.15) is 17.6 Å². The standard InChI is InChI=1S/C28H25ClN6O2/c29-22-14-19-10-11-25(37-20-4-2-1-3-5-20)33-23(19)15-21(22)28-34-26(24-16-32-12-13-35(24,28)31)17-6-8-18(9-7-17)27(30)36/h1-5,10-18H,6-9,31H2,(H-,30,36)/p+1. The molecule has 9 heteroatoms. The molecule has 1 aliphatic carbocycles. The molecule has 3 aliphatic rings. The fourth-order valence-corrected chi connectivity index (χ4v) is 5.56. The van der Waals surface area contributed by atoms with Gasteiger partial charge in [0.25, 0.3) is 5.84 Å². The first-order valence-electron chi connectivity index (χ1n) is 12.3. The van der Waals surface area contributed by atoms with Gasteiger partial charge in [-0.05, 0) is 56.0 Å². The minimum atomic E-state index is -0.233. The number of halogens is 1. The third kappa shape index (κ3) is 4.23. The quantitative estimate of drug-likeness (QED) is 0.360. The maximum Gasteiger partial charge on any atom is 0.266 e. The van der Waals surface area contributed by atoms with E-state index in [-0.39, 0.29) is 22.3 Å². The number of pyridine rings is 1. The summed E-state index contributed by atoms with van der Waals surface area (Å²) in [5.41, 5.74) is 8.65. The van der Waals surface area contributed by atoms with E-state index in [0.29, 0.717) is 33.6 Å². The molecular formula is C28H26ClN6O2+. The molecule has 0 saturated heterocycles. The van der Waals surface area contributed by atoms with Crippen molar-refractivity contribution in [1.82, 2.24) is 4.98 Å². The van der Waals surface area contributed by atoms with Crippen LogP contribution in [0.4, 0.5) is 0 Å². The zero-order chi connectivity index (χ0) is 25.6. The van der Waals surface area contributed by atoms with E-state index in [9.17, 15) is 4.79 Å². The molecule has 1 aromatic heterocycles. The predicted molar refractivity (Wildman–Crippen MR) is 144 cm³/mol. The van der Waals surface area contributed by atoms with Gasteiger partial charge in [0, 0.05) is 23.3 Å². The lowest BCUT2D eigenvalue weighted by Gasteiger charge is -2.28. The predicted octanol–water partition coefficient (Wildman–Crippen LogP) is 5.19. The molecule has 37 heavy (non-hydrogen) atoms. The number of para-hydroxylation sites is 1. The molecule has 1 unspecified atom stereocenters. The summed E-state index contributed by atoms with van der Waals surface area (Å²) in [7, 11) is 0. The van der Waals surface area contributed by atoms with Crippen LogP contribution in [0.3, 0.4) is 0 Å². The maximum atomic E-state index is 11.7. The van der Waals surface area contributed by atoms with Crippen LogP contribution in [0.5, 0.6) is 11.6 Å². The van der Waals surface area contributed by atoms with Gasteiger partial charge < -0.3 is 10.5 Å². The van der Waals surface area contributed by atoms with Gasteiger partial charge in [0.05, 0.1) is 28.5 Å². The average molecular weight is 514 g/mol. The van der Waals surface area contributed by atoms with Crippen molar-refractivity contribution < 1.29 is 14.1 Å². The fraction of sp³-hybridized carbons (Fsp3) is 0.214. The van der Waals surface area contributed by atoms with E-state index in [1.165, 1.54) is 0 Å². The van der Waals surface area contributed by atoms with E-state index in [1.54, 1.807) is 18.6 Å². The van der Waals surface area contributed by atoms with Crippen LogP contribution in [0.1, 0.15) is 31.2 Å². The number of aliphatic imine (C=N–C) groups is 2. The summed E-state index contributed by atoms with van der Waals surface area (Å²) in [6.07, 6.45) is 8.35. The van der Waals surface area contributed by atoms with Crippen LogP contribution in [0.15, 0.2) is 88.4 Å². The summed E-state index contributed by atoms with van der Waals surface area (Å²) < 4.78 is 5.81. The number of amidine groups is 1. The third-order valence-corrected chi connectivity index (χ3v) is 7.61. The van der Waals surface area contributed by atoms with Gasteiger partial charge in [-0.15, -0.1) is 4.59 Å². The van der Waals surface area contributed by atoms with Crippen LogP contribution >= 0.6 is 11.6 Å². The van der Waals surface area contributed by atoms with Gasteiger partial charge in [-0.3, -0.25) is 9.79 Å². The van der Waals surface area contributed by atoms with E-state index in [4.69, 9.17) is 37.9 Å². The van der Waals surface area contributed by atoms with Gasteiger partial charge in [0.15, 0.2) is 0 Å². The number of fused-ring (bicyclic) bond motifs is 2. The van der Waals surface area contributed by atoms with E-state index in [2.05, 4.69) is 4.99 Å². The van der Waals surface area contributed by atoms with Crippen molar-refractivity contribution in [1.29, 1.82) is 0 Å². The Kier molecular flexibility index (Phi) is 5.87. The molecule has 1 atom stereocenters. The number of nitrogens with two attached hydrogens (primary N) is 2. The second kappa shape index (κ2) is 9.23. The lowest BCUT2D eigenvalue weighted by molar-refractivity contribution is -0.750. The van der Waals surface area contributed by atoms with Crippen LogP contribution in [-0.4, -0.2) is 27.5 Å². The van der Waals surface area contributed by atoms with Gasteiger partial charge in [-0.25, -0.2) is 4.98 Å². The number of aromatic nitrogens is 1. The highest BCUT2D eigenvalue weighted by atomic mass is 35.5. The molecule has 2 aliphatic heterocycles. The van der Waals surface area contributed by atoms with Crippen molar-refractivity contribution in [3.8, 4) is 11.6 Å². The molecule has 1 saturated carbocycles. The Labute approximate surface area is 219 Å². The Hall–Kier alpha value is -3.85. The summed E-state index contributed by atoms with van der Waals surface area (Å²) in [5.74, 6) is 8.58. The monoisotopic (exact) mass is 513 g/mol. The Bertz CT molecular complexity index is 1520. The first-order valence-corrected chi connectivity index (χ1v) is 12.7. The number of rotatable bonds is 5. The number of hydrogen-bond donors (Lipinski definition) is 2. The number of amides is 1. The summed E-state index contributed by atoms with van der Waals surface area (Å²) in [6.45, 7) is 0. The van der Waals surface area contributed by atoms with E-state index in [1.807, 2.05) is 54.6 Å². The molecule has 1 amide bonds. The largest absolute Gasteiger partial charge is 0.439 e. The number of quaternary nitrogens is 1. The Morgan fingerprint density at radius 2 is 1.84 bits per heavy atom. The van der Waals surface area contributed by atoms with Crippen LogP contribution in [-0.2, 0) is 4.79 Å². The van der Waals surface area contributed by atoms with Crippen molar-refractivity contribution in [2.75, 3.05) is 0 Å². The second-order valence-electron chi connectivity index (χ2n) is 9.60. The van der Waals surface area contributed by atoms with Crippen molar-refractivity contribution >= 4 is 40.5 Å². The van der Waals surface area contributed by atoms with Gasteiger partial charge in [-0.1, -0.05) is 29.8 Å². The molecular weight excluding hydrogens is 488 g/mol. The topological polar surface area (TPSA) is 116 Å². The number of benzene rings is 2. The first kappa shape index (κ1) is 23.5.